The first-order valence-corrected chi connectivity index (χ1v) is 9.31. The number of guanidine groups is 1. The van der Waals surface area contributed by atoms with E-state index >= 15 is 0 Å². The molecule has 146 valence electrons. The molecule has 2 heterocycles. The van der Waals surface area contributed by atoms with Gasteiger partial charge in [0, 0.05) is 37.2 Å². The Morgan fingerprint density at radius 1 is 1.38 bits per heavy atom. The molecule has 2 aromatic rings. The number of nitrogens with zero attached hydrogens (tertiary/aromatic N) is 4. The van der Waals surface area contributed by atoms with Gasteiger partial charge in [0.15, 0.2) is 11.8 Å². The molecule has 0 aliphatic heterocycles. The summed E-state index contributed by atoms with van der Waals surface area (Å²) in [5, 5.41) is 11.5. The molecule has 0 spiro atoms. The van der Waals surface area contributed by atoms with Gasteiger partial charge in [0.1, 0.15) is 12.6 Å². The summed E-state index contributed by atoms with van der Waals surface area (Å²) in [4.78, 5) is 14.4. The monoisotopic (exact) mass is 494 g/mol. The summed E-state index contributed by atoms with van der Waals surface area (Å²) in [7, 11) is 0. The fourth-order valence-electron chi connectivity index (χ4n) is 2.12. The molecular formula is C16H27IN6O2S. The lowest BCUT2D eigenvalue weighted by Crippen LogP contribution is -2.38. The highest BCUT2D eigenvalue weighted by Gasteiger charge is 2.13. The Morgan fingerprint density at radius 3 is 2.85 bits per heavy atom. The van der Waals surface area contributed by atoms with Gasteiger partial charge in [-0.25, -0.2) is 9.98 Å². The highest BCUT2D eigenvalue weighted by atomic mass is 127. The van der Waals surface area contributed by atoms with Crippen LogP contribution in [0.15, 0.2) is 15.7 Å². The van der Waals surface area contributed by atoms with Gasteiger partial charge in [0.05, 0.1) is 5.01 Å². The second-order valence-electron chi connectivity index (χ2n) is 5.38. The highest BCUT2D eigenvalue weighted by molar-refractivity contribution is 14.0. The Labute approximate surface area is 175 Å². The minimum Gasteiger partial charge on any atom is -0.371 e. The third-order valence-electron chi connectivity index (χ3n) is 3.28. The van der Waals surface area contributed by atoms with E-state index in [-0.39, 0.29) is 30.1 Å². The van der Waals surface area contributed by atoms with Crippen molar-refractivity contribution in [1.29, 1.82) is 0 Å². The van der Waals surface area contributed by atoms with Gasteiger partial charge >= 0.3 is 0 Å². The first kappa shape index (κ1) is 22.8. The zero-order chi connectivity index (χ0) is 18.1. The van der Waals surface area contributed by atoms with Crippen LogP contribution in [0, 0.1) is 6.92 Å². The van der Waals surface area contributed by atoms with Gasteiger partial charge in [-0.2, -0.15) is 4.98 Å². The van der Waals surface area contributed by atoms with Crippen molar-refractivity contribution in [2.45, 2.75) is 46.8 Å². The van der Waals surface area contributed by atoms with Crippen LogP contribution in [-0.2, 0) is 17.7 Å². The van der Waals surface area contributed by atoms with Crippen molar-refractivity contribution in [3.8, 4) is 0 Å². The van der Waals surface area contributed by atoms with Crippen LogP contribution in [-0.4, -0.2) is 40.8 Å². The topological polar surface area (TPSA) is 97.5 Å². The van der Waals surface area contributed by atoms with Crippen molar-refractivity contribution in [3.63, 3.8) is 0 Å². The predicted octanol–water partition coefficient (Wildman–Crippen LogP) is 2.85. The summed E-state index contributed by atoms with van der Waals surface area (Å²) >= 11 is 1.72. The highest BCUT2D eigenvalue weighted by Crippen LogP contribution is 2.13. The number of aliphatic imine (C=N–C) groups is 1. The van der Waals surface area contributed by atoms with E-state index in [2.05, 4.69) is 37.7 Å². The fraction of sp³-hybridized carbons (Fsp3) is 0.625. The van der Waals surface area contributed by atoms with E-state index in [9.17, 15) is 0 Å². The van der Waals surface area contributed by atoms with Crippen LogP contribution in [0.4, 0.5) is 0 Å². The van der Waals surface area contributed by atoms with E-state index in [1.54, 1.807) is 11.3 Å². The van der Waals surface area contributed by atoms with Crippen molar-refractivity contribution in [2.24, 2.45) is 4.99 Å². The number of aromatic nitrogens is 3. The van der Waals surface area contributed by atoms with Crippen LogP contribution in [0.1, 0.15) is 48.5 Å². The molecule has 0 radical (unpaired) electrons. The molecule has 0 aromatic carbocycles. The molecule has 26 heavy (non-hydrogen) atoms. The standard InChI is InChI=1S/C16H26N6O2S.HI/c1-5-17-16(18-8-7-14-19-9-11(3)25-14)20-10-13-21-15(22-24-13)12(4)23-6-2;/h9,12H,5-8,10H2,1-4H3,(H2,17,18,20);1H. The second-order valence-corrected chi connectivity index (χ2v) is 6.70. The number of hydrogen-bond acceptors (Lipinski definition) is 7. The van der Waals surface area contributed by atoms with E-state index in [4.69, 9.17) is 9.26 Å². The van der Waals surface area contributed by atoms with E-state index in [0.29, 0.717) is 30.8 Å². The van der Waals surface area contributed by atoms with Gasteiger partial charge < -0.3 is 19.9 Å². The Bertz CT molecular complexity index is 675. The van der Waals surface area contributed by atoms with E-state index in [0.717, 1.165) is 24.5 Å². The van der Waals surface area contributed by atoms with Crippen LogP contribution >= 0.6 is 35.3 Å². The Balaban J connectivity index is 0.00000338. The first-order valence-electron chi connectivity index (χ1n) is 8.49. The summed E-state index contributed by atoms with van der Waals surface area (Å²) in [6, 6.07) is 0. The number of hydrogen-bond donors (Lipinski definition) is 2. The first-order chi connectivity index (χ1) is 12.1. The molecule has 0 aliphatic rings. The predicted molar refractivity (Wildman–Crippen MR) is 113 cm³/mol. The molecule has 8 nitrogen and oxygen atoms in total. The van der Waals surface area contributed by atoms with Crippen LogP contribution in [0.25, 0.3) is 0 Å². The van der Waals surface area contributed by atoms with Crippen LogP contribution < -0.4 is 10.6 Å². The van der Waals surface area contributed by atoms with Crippen LogP contribution in [0.5, 0.6) is 0 Å². The third-order valence-corrected chi connectivity index (χ3v) is 4.25. The summed E-state index contributed by atoms with van der Waals surface area (Å²) in [6.45, 7) is 10.4. The van der Waals surface area contributed by atoms with Crippen molar-refractivity contribution >= 4 is 41.3 Å². The van der Waals surface area contributed by atoms with Crippen LogP contribution in [0.3, 0.4) is 0 Å². The molecule has 2 N–H and O–H groups in total. The summed E-state index contributed by atoms with van der Waals surface area (Å²) in [5.74, 6) is 1.73. The Morgan fingerprint density at radius 2 is 2.19 bits per heavy atom. The molecule has 2 aromatic heterocycles. The van der Waals surface area contributed by atoms with Gasteiger partial charge in [-0.3, -0.25) is 0 Å². The molecule has 0 bridgehead atoms. The molecule has 0 fully saturated rings. The maximum atomic E-state index is 5.45. The SMILES string of the molecule is CCNC(=NCc1nc(C(C)OCC)no1)NCCc1ncc(C)s1.I. The summed E-state index contributed by atoms with van der Waals surface area (Å²) in [5.41, 5.74) is 0. The quantitative estimate of drug-likeness (QED) is 0.314. The Kier molecular flexibility index (Phi) is 10.7. The second kappa shape index (κ2) is 12.2. The zero-order valence-electron chi connectivity index (χ0n) is 15.6. The minimum absolute atomic E-state index is 0. The number of ether oxygens (including phenoxy) is 1. The van der Waals surface area contributed by atoms with Crippen LogP contribution in [0.2, 0.25) is 0 Å². The number of halogens is 1. The lowest BCUT2D eigenvalue weighted by atomic mass is 10.4. The van der Waals surface area contributed by atoms with E-state index in [1.807, 2.05) is 27.0 Å². The van der Waals surface area contributed by atoms with Crippen molar-refractivity contribution < 1.29 is 9.26 Å². The lowest BCUT2D eigenvalue weighted by molar-refractivity contribution is 0.0683. The minimum atomic E-state index is -0.181. The normalized spacial score (nSPS) is 12.5. The maximum absolute atomic E-state index is 5.45. The molecule has 0 aliphatic carbocycles. The maximum Gasteiger partial charge on any atom is 0.248 e. The molecule has 2 rings (SSSR count). The number of rotatable bonds is 9. The van der Waals surface area contributed by atoms with Gasteiger partial charge in [0.25, 0.3) is 0 Å². The Hall–Kier alpha value is -1.27. The fourth-order valence-corrected chi connectivity index (χ4v) is 2.90. The largest absolute Gasteiger partial charge is 0.371 e. The van der Waals surface area contributed by atoms with E-state index in [1.165, 1.54) is 4.88 Å². The molecule has 1 unspecified atom stereocenters. The van der Waals surface area contributed by atoms with Crippen molar-refractivity contribution in [1.82, 2.24) is 25.8 Å². The molecule has 0 saturated carbocycles. The molecule has 10 heteroatoms. The lowest BCUT2D eigenvalue weighted by Gasteiger charge is -2.09. The van der Waals surface area contributed by atoms with Gasteiger partial charge in [-0.1, -0.05) is 5.16 Å². The van der Waals surface area contributed by atoms with Gasteiger partial charge in [-0.05, 0) is 27.7 Å². The summed E-state index contributed by atoms with van der Waals surface area (Å²) < 4.78 is 10.7. The molecule has 0 saturated heterocycles. The van der Waals surface area contributed by atoms with E-state index < -0.39 is 0 Å². The van der Waals surface area contributed by atoms with Crippen molar-refractivity contribution in [2.75, 3.05) is 19.7 Å². The number of aryl methyl sites for hydroxylation is 1. The molecule has 1 atom stereocenters. The summed E-state index contributed by atoms with van der Waals surface area (Å²) in [6.07, 6.45) is 2.58. The average Bonchev–Trinajstić information content (AvgIpc) is 3.22. The average molecular weight is 494 g/mol. The molecular weight excluding hydrogens is 467 g/mol. The molecule has 0 amide bonds. The number of thiazole rings is 1. The van der Waals surface area contributed by atoms with Gasteiger partial charge in [-0.15, -0.1) is 35.3 Å². The van der Waals surface area contributed by atoms with Crippen molar-refractivity contribution in [3.05, 3.63) is 27.8 Å². The third kappa shape index (κ3) is 7.54. The van der Waals surface area contributed by atoms with Gasteiger partial charge in [0.2, 0.25) is 5.89 Å². The number of nitrogens with one attached hydrogen (secondary N) is 2. The smallest absolute Gasteiger partial charge is 0.248 e. The zero-order valence-corrected chi connectivity index (χ0v) is 18.8.